The average Bonchev–Trinajstić information content (AvgIpc) is 2.95. The van der Waals surface area contributed by atoms with E-state index in [-0.39, 0.29) is 17.6 Å². The van der Waals surface area contributed by atoms with Crippen molar-refractivity contribution in [3.05, 3.63) is 34.9 Å². The van der Waals surface area contributed by atoms with Crippen molar-refractivity contribution in [3.8, 4) is 0 Å². The molecular weight excluding hydrogens is 378 g/mol. The molecule has 1 spiro atoms. The van der Waals surface area contributed by atoms with E-state index in [1.165, 1.54) is 0 Å². The third-order valence-electron chi connectivity index (χ3n) is 6.10. The molecule has 3 saturated heterocycles. The molecule has 1 amide bonds. The number of nitrogens with zero attached hydrogens (tertiary/aromatic N) is 3. The van der Waals surface area contributed by atoms with Gasteiger partial charge in [-0.05, 0) is 38.1 Å². The van der Waals surface area contributed by atoms with Gasteiger partial charge < -0.3 is 19.3 Å². The Morgan fingerprint density at radius 3 is 2.86 bits per heavy atom. The van der Waals surface area contributed by atoms with Crippen LogP contribution in [0.4, 0.5) is 0 Å². The monoisotopic (exact) mass is 407 g/mol. The number of carbonyl (C=O) groups is 1. The number of hydrogen-bond acceptors (Lipinski definition) is 5. The Labute approximate surface area is 172 Å². The zero-order valence-electron chi connectivity index (χ0n) is 16.6. The van der Waals surface area contributed by atoms with Gasteiger partial charge in [0.25, 0.3) is 5.91 Å². The van der Waals surface area contributed by atoms with Gasteiger partial charge in [-0.3, -0.25) is 9.69 Å². The lowest BCUT2D eigenvalue weighted by Gasteiger charge is -2.35. The van der Waals surface area contributed by atoms with E-state index in [1.54, 1.807) is 12.1 Å². The molecule has 2 unspecified atom stereocenters. The summed E-state index contributed by atoms with van der Waals surface area (Å²) in [6, 6.07) is 7.15. The lowest BCUT2D eigenvalue weighted by atomic mass is 9.99. The summed E-state index contributed by atoms with van der Waals surface area (Å²) < 4.78 is 12.4. The van der Waals surface area contributed by atoms with E-state index in [4.69, 9.17) is 21.1 Å². The van der Waals surface area contributed by atoms with Gasteiger partial charge >= 0.3 is 0 Å². The molecule has 0 N–H and O–H groups in total. The van der Waals surface area contributed by atoms with Gasteiger partial charge in [0.1, 0.15) is 5.60 Å². The lowest BCUT2D eigenvalue weighted by molar-refractivity contribution is -0.0915. The van der Waals surface area contributed by atoms with Crippen LogP contribution >= 0.6 is 11.6 Å². The second kappa shape index (κ2) is 8.67. The Morgan fingerprint density at radius 2 is 2.07 bits per heavy atom. The Bertz CT molecular complexity index is 695. The highest BCUT2D eigenvalue weighted by molar-refractivity contribution is 6.30. The molecule has 0 bridgehead atoms. The number of carbonyl (C=O) groups excluding carboxylic acids is 1. The molecule has 3 fully saturated rings. The summed E-state index contributed by atoms with van der Waals surface area (Å²) >= 11 is 6.07. The van der Waals surface area contributed by atoms with Crippen molar-refractivity contribution in [2.45, 2.75) is 24.5 Å². The normalized spacial score (nSPS) is 29.9. The fraction of sp³-hybridized carbons (Fsp3) is 0.667. The molecule has 1 aromatic carbocycles. The first kappa shape index (κ1) is 20.1. The van der Waals surface area contributed by atoms with E-state index < -0.39 is 0 Å². The number of amides is 1. The smallest absolute Gasteiger partial charge is 0.254 e. The Kier molecular flexibility index (Phi) is 6.23. The van der Waals surface area contributed by atoms with E-state index >= 15 is 0 Å². The van der Waals surface area contributed by atoms with Gasteiger partial charge in [-0.1, -0.05) is 17.7 Å². The fourth-order valence-corrected chi connectivity index (χ4v) is 4.64. The summed E-state index contributed by atoms with van der Waals surface area (Å²) in [7, 11) is 2.17. The Balaban J connectivity index is 1.39. The molecular formula is C21H30ClN3O3. The van der Waals surface area contributed by atoms with Gasteiger partial charge in [-0.25, -0.2) is 0 Å². The third kappa shape index (κ3) is 4.69. The molecule has 2 atom stereocenters. The van der Waals surface area contributed by atoms with Gasteiger partial charge in [-0.15, -0.1) is 0 Å². The number of ether oxygens (including phenoxy) is 2. The van der Waals surface area contributed by atoms with Gasteiger partial charge in [-0.2, -0.15) is 0 Å². The molecule has 0 radical (unpaired) electrons. The number of halogens is 1. The molecule has 7 heteroatoms. The SMILES string of the molecule is CN1CCN(CC2CCC3(COCCN(C(=O)c4cccc(Cl)c4)C3)O2)CC1. The highest BCUT2D eigenvalue weighted by Crippen LogP contribution is 2.34. The first-order chi connectivity index (χ1) is 13.5. The van der Waals surface area contributed by atoms with Crippen molar-refractivity contribution in [1.29, 1.82) is 0 Å². The topological polar surface area (TPSA) is 45.2 Å². The molecule has 3 aliphatic rings. The summed E-state index contributed by atoms with van der Waals surface area (Å²) in [5, 5.41) is 0.580. The maximum absolute atomic E-state index is 13.0. The van der Waals surface area contributed by atoms with Gasteiger partial charge in [0.2, 0.25) is 0 Å². The van der Waals surface area contributed by atoms with Crippen molar-refractivity contribution in [2.75, 3.05) is 66.1 Å². The average molecular weight is 408 g/mol. The fourth-order valence-electron chi connectivity index (χ4n) is 4.45. The predicted molar refractivity (Wildman–Crippen MR) is 109 cm³/mol. The summed E-state index contributed by atoms with van der Waals surface area (Å²) in [6.45, 7) is 7.66. The van der Waals surface area contributed by atoms with Crippen molar-refractivity contribution in [2.24, 2.45) is 0 Å². The first-order valence-electron chi connectivity index (χ1n) is 10.2. The maximum atomic E-state index is 13.0. The van der Waals surface area contributed by atoms with Crippen LogP contribution in [0.25, 0.3) is 0 Å². The number of rotatable bonds is 3. The molecule has 1 aromatic rings. The van der Waals surface area contributed by atoms with Gasteiger partial charge in [0.05, 0.1) is 25.9 Å². The van der Waals surface area contributed by atoms with Crippen molar-refractivity contribution >= 4 is 17.5 Å². The zero-order chi connectivity index (χ0) is 19.6. The Morgan fingerprint density at radius 1 is 1.25 bits per heavy atom. The minimum atomic E-state index is -0.387. The van der Waals surface area contributed by atoms with Crippen LogP contribution in [0.1, 0.15) is 23.2 Å². The van der Waals surface area contributed by atoms with Gasteiger partial charge in [0.15, 0.2) is 0 Å². The van der Waals surface area contributed by atoms with E-state index in [2.05, 4.69) is 16.8 Å². The molecule has 0 aromatic heterocycles. The molecule has 4 rings (SSSR count). The van der Waals surface area contributed by atoms with Crippen LogP contribution < -0.4 is 0 Å². The quantitative estimate of drug-likeness (QED) is 0.766. The van der Waals surface area contributed by atoms with Crippen molar-refractivity contribution < 1.29 is 14.3 Å². The van der Waals surface area contributed by atoms with Crippen LogP contribution in [0.3, 0.4) is 0 Å². The summed E-state index contributed by atoms with van der Waals surface area (Å²) in [6.07, 6.45) is 2.17. The first-order valence-corrected chi connectivity index (χ1v) is 10.6. The molecule has 0 saturated carbocycles. The number of benzene rings is 1. The Hall–Kier alpha value is -1.18. The van der Waals surface area contributed by atoms with E-state index in [9.17, 15) is 4.79 Å². The van der Waals surface area contributed by atoms with Crippen LogP contribution in [0.5, 0.6) is 0 Å². The van der Waals surface area contributed by atoms with Crippen molar-refractivity contribution in [3.63, 3.8) is 0 Å². The third-order valence-corrected chi connectivity index (χ3v) is 6.34. The van der Waals surface area contributed by atoms with Crippen LogP contribution in [-0.4, -0.2) is 98.4 Å². The summed E-state index contributed by atoms with van der Waals surface area (Å²) in [5.41, 5.74) is 0.235. The number of likely N-dealkylation sites (N-methyl/N-ethyl adjacent to an activating group) is 1. The second-order valence-corrected chi connectivity index (χ2v) is 8.79. The standard InChI is InChI=1S/C21H30ClN3O3/c1-23-7-9-24(10-8-23)14-19-5-6-21(28-19)15-25(11-12-27-16-21)20(26)17-3-2-4-18(22)13-17/h2-4,13,19H,5-12,14-16H2,1H3. The van der Waals surface area contributed by atoms with Crippen LogP contribution in [0.15, 0.2) is 24.3 Å². The molecule has 3 heterocycles. The second-order valence-electron chi connectivity index (χ2n) is 8.36. The highest BCUT2D eigenvalue weighted by Gasteiger charge is 2.44. The van der Waals surface area contributed by atoms with Crippen LogP contribution in [0.2, 0.25) is 5.02 Å². The van der Waals surface area contributed by atoms with Crippen molar-refractivity contribution in [1.82, 2.24) is 14.7 Å². The number of piperazine rings is 1. The molecule has 3 aliphatic heterocycles. The predicted octanol–water partition coefficient (Wildman–Crippen LogP) is 1.98. The van der Waals surface area contributed by atoms with E-state index in [0.717, 1.165) is 45.6 Å². The zero-order valence-corrected chi connectivity index (χ0v) is 17.4. The van der Waals surface area contributed by atoms with Gasteiger partial charge in [0, 0.05) is 49.9 Å². The number of hydrogen-bond donors (Lipinski definition) is 0. The summed E-state index contributed by atoms with van der Waals surface area (Å²) in [4.78, 5) is 19.8. The van der Waals surface area contributed by atoms with E-state index in [0.29, 0.717) is 36.9 Å². The maximum Gasteiger partial charge on any atom is 0.254 e. The lowest BCUT2D eigenvalue weighted by Crippen LogP contribution is -2.49. The molecule has 28 heavy (non-hydrogen) atoms. The van der Waals surface area contributed by atoms with Crippen LogP contribution in [0, 0.1) is 0 Å². The molecule has 154 valence electrons. The largest absolute Gasteiger partial charge is 0.377 e. The minimum absolute atomic E-state index is 0.00140. The highest BCUT2D eigenvalue weighted by atomic mass is 35.5. The van der Waals surface area contributed by atoms with E-state index in [1.807, 2.05) is 17.0 Å². The summed E-state index contributed by atoms with van der Waals surface area (Å²) in [5.74, 6) is -0.00140. The van der Waals surface area contributed by atoms with Crippen LogP contribution in [-0.2, 0) is 9.47 Å². The molecule has 6 nitrogen and oxygen atoms in total. The molecule has 0 aliphatic carbocycles. The minimum Gasteiger partial charge on any atom is -0.377 e.